The molecule has 2 N–H and O–H groups in total. The molecular formula is C12H16N2O2. The van der Waals surface area contributed by atoms with Crippen molar-refractivity contribution in [2.75, 3.05) is 19.8 Å². The number of nitrogens with two attached hydrogens (primary N) is 1. The van der Waals surface area contributed by atoms with Crippen LogP contribution < -0.4 is 10.5 Å². The number of anilines is 1. The van der Waals surface area contributed by atoms with Crippen molar-refractivity contribution in [3.05, 3.63) is 23.8 Å². The Bertz CT molecular complexity index is 411. The van der Waals surface area contributed by atoms with Gasteiger partial charge < -0.3 is 15.4 Å². The summed E-state index contributed by atoms with van der Waals surface area (Å²) in [5.41, 5.74) is 6.77. The average Bonchev–Trinajstić information content (AvgIpc) is 3.01. The van der Waals surface area contributed by atoms with Gasteiger partial charge in [0.25, 0.3) is 5.91 Å². The van der Waals surface area contributed by atoms with Crippen LogP contribution in [0.4, 0.5) is 5.69 Å². The zero-order valence-corrected chi connectivity index (χ0v) is 9.56. The van der Waals surface area contributed by atoms with Gasteiger partial charge in [0.15, 0.2) is 0 Å². The Morgan fingerprint density at radius 1 is 1.44 bits per heavy atom. The van der Waals surface area contributed by atoms with Gasteiger partial charge in [0.2, 0.25) is 0 Å². The molecule has 4 nitrogen and oxygen atoms in total. The maximum atomic E-state index is 12.0. The van der Waals surface area contributed by atoms with E-state index in [-0.39, 0.29) is 12.0 Å². The van der Waals surface area contributed by atoms with Gasteiger partial charge in [-0.25, -0.2) is 0 Å². The topological polar surface area (TPSA) is 55.6 Å². The highest BCUT2D eigenvalue weighted by atomic mass is 16.5. The third-order valence-electron chi connectivity index (χ3n) is 2.50. The highest BCUT2D eigenvalue weighted by molar-refractivity contribution is 6.01. The van der Waals surface area contributed by atoms with Gasteiger partial charge in [0, 0.05) is 19.8 Å². The standard InChI is InChI=1S/C12H16N2O2/c1-14(2)12(15)11-9(13)4-3-5-10(11)16-8-6-7-8/h3-5,8H,6-7,13H2,1-2H3. The predicted octanol–water partition coefficient (Wildman–Crippen LogP) is 1.51. The number of benzene rings is 1. The van der Waals surface area contributed by atoms with Crippen LogP contribution >= 0.6 is 0 Å². The van der Waals surface area contributed by atoms with Crippen molar-refractivity contribution >= 4 is 11.6 Å². The molecule has 2 rings (SSSR count). The second-order valence-electron chi connectivity index (χ2n) is 4.24. The minimum atomic E-state index is -0.117. The van der Waals surface area contributed by atoms with E-state index in [0.29, 0.717) is 17.0 Å². The third-order valence-corrected chi connectivity index (χ3v) is 2.50. The van der Waals surface area contributed by atoms with Gasteiger partial charge in [0.05, 0.1) is 6.10 Å². The summed E-state index contributed by atoms with van der Waals surface area (Å²) in [5, 5.41) is 0. The minimum Gasteiger partial charge on any atom is -0.490 e. The number of nitrogens with zero attached hydrogens (tertiary/aromatic N) is 1. The summed E-state index contributed by atoms with van der Waals surface area (Å²) < 4.78 is 5.68. The Balaban J connectivity index is 2.35. The molecule has 0 spiro atoms. The fourth-order valence-electron chi connectivity index (χ4n) is 1.46. The van der Waals surface area contributed by atoms with Crippen LogP contribution in [0.1, 0.15) is 23.2 Å². The number of amides is 1. The van der Waals surface area contributed by atoms with Crippen LogP contribution in [-0.4, -0.2) is 31.0 Å². The fraction of sp³-hybridized carbons (Fsp3) is 0.417. The Morgan fingerprint density at radius 3 is 2.69 bits per heavy atom. The fourth-order valence-corrected chi connectivity index (χ4v) is 1.46. The predicted molar refractivity (Wildman–Crippen MR) is 62.5 cm³/mol. The summed E-state index contributed by atoms with van der Waals surface area (Å²) in [5.74, 6) is 0.481. The van der Waals surface area contributed by atoms with Crippen molar-refractivity contribution < 1.29 is 9.53 Å². The molecule has 0 unspecified atom stereocenters. The number of rotatable bonds is 3. The Hall–Kier alpha value is -1.71. The number of carbonyl (C=O) groups excluding carboxylic acids is 1. The van der Waals surface area contributed by atoms with Crippen LogP contribution in [0.25, 0.3) is 0 Å². The zero-order valence-electron chi connectivity index (χ0n) is 9.56. The molecule has 4 heteroatoms. The van der Waals surface area contributed by atoms with E-state index >= 15 is 0 Å². The minimum absolute atomic E-state index is 0.117. The average molecular weight is 220 g/mol. The zero-order chi connectivity index (χ0) is 11.7. The monoisotopic (exact) mass is 220 g/mol. The van der Waals surface area contributed by atoms with Gasteiger partial charge in [-0.2, -0.15) is 0 Å². The molecule has 1 aromatic carbocycles. The molecule has 1 amide bonds. The summed E-state index contributed by atoms with van der Waals surface area (Å²) in [6.07, 6.45) is 2.38. The van der Waals surface area contributed by atoms with Crippen molar-refractivity contribution in [3.63, 3.8) is 0 Å². The molecule has 0 aromatic heterocycles. The highest BCUT2D eigenvalue weighted by Gasteiger charge is 2.26. The number of carbonyl (C=O) groups is 1. The molecule has 16 heavy (non-hydrogen) atoms. The van der Waals surface area contributed by atoms with Crippen molar-refractivity contribution in [3.8, 4) is 5.75 Å². The summed E-state index contributed by atoms with van der Waals surface area (Å²) >= 11 is 0. The SMILES string of the molecule is CN(C)C(=O)c1c(N)cccc1OC1CC1. The van der Waals surface area contributed by atoms with Crippen molar-refractivity contribution in [2.45, 2.75) is 18.9 Å². The van der Waals surface area contributed by atoms with Gasteiger partial charge in [-0.05, 0) is 25.0 Å². The van der Waals surface area contributed by atoms with Crippen LogP contribution in [0.3, 0.4) is 0 Å². The lowest BCUT2D eigenvalue weighted by Crippen LogP contribution is -2.23. The first kappa shape index (κ1) is 10.8. The maximum absolute atomic E-state index is 12.0. The van der Waals surface area contributed by atoms with Crippen LogP contribution in [0, 0.1) is 0 Å². The van der Waals surface area contributed by atoms with Gasteiger partial charge >= 0.3 is 0 Å². The Morgan fingerprint density at radius 2 is 2.12 bits per heavy atom. The molecule has 0 heterocycles. The Labute approximate surface area is 95.0 Å². The van der Waals surface area contributed by atoms with Gasteiger partial charge in [-0.3, -0.25) is 4.79 Å². The molecule has 1 aromatic rings. The van der Waals surface area contributed by atoms with Crippen LogP contribution in [0.2, 0.25) is 0 Å². The van der Waals surface area contributed by atoms with Crippen molar-refractivity contribution in [1.82, 2.24) is 4.90 Å². The lowest BCUT2D eigenvalue weighted by molar-refractivity contribution is 0.0824. The number of hydrogen-bond donors (Lipinski definition) is 1. The quantitative estimate of drug-likeness (QED) is 0.785. The first-order valence-electron chi connectivity index (χ1n) is 5.36. The third kappa shape index (κ3) is 2.10. The van der Waals surface area contributed by atoms with E-state index < -0.39 is 0 Å². The largest absolute Gasteiger partial charge is 0.490 e. The van der Waals surface area contributed by atoms with E-state index in [1.807, 2.05) is 0 Å². The highest BCUT2D eigenvalue weighted by Crippen LogP contribution is 2.32. The van der Waals surface area contributed by atoms with E-state index in [2.05, 4.69) is 0 Å². The molecular weight excluding hydrogens is 204 g/mol. The van der Waals surface area contributed by atoms with Crippen LogP contribution in [0.15, 0.2) is 18.2 Å². The van der Waals surface area contributed by atoms with E-state index in [9.17, 15) is 4.79 Å². The summed E-state index contributed by atoms with van der Waals surface area (Å²) in [6.45, 7) is 0. The molecule has 1 fully saturated rings. The summed E-state index contributed by atoms with van der Waals surface area (Å²) in [4.78, 5) is 13.5. The molecule has 1 aliphatic rings. The second-order valence-corrected chi connectivity index (χ2v) is 4.24. The van der Waals surface area contributed by atoms with Gasteiger partial charge in [-0.1, -0.05) is 6.07 Å². The van der Waals surface area contributed by atoms with Crippen LogP contribution in [-0.2, 0) is 0 Å². The number of ether oxygens (including phenoxy) is 1. The smallest absolute Gasteiger partial charge is 0.259 e. The van der Waals surface area contributed by atoms with E-state index in [0.717, 1.165) is 12.8 Å². The molecule has 1 aliphatic carbocycles. The number of hydrogen-bond acceptors (Lipinski definition) is 3. The van der Waals surface area contributed by atoms with E-state index in [4.69, 9.17) is 10.5 Å². The maximum Gasteiger partial charge on any atom is 0.259 e. The lowest BCUT2D eigenvalue weighted by Gasteiger charge is -2.16. The molecule has 0 radical (unpaired) electrons. The molecule has 0 saturated heterocycles. The summed E-state index contributed by atoms with van der Waals surface area (Å²) in [6, 6.07) is 5.32. The first-order valence-corrected chi connectivity index (χ1v) is 5.36. The molecule has 0 bridgehead atoms. The van der Waals surface area contributed by atoms with Crippen molar-refractivity contribution in [2.24, 2.45) is 0 Å². The molecule has 0 aliphatic heterocycles. The van der Waals surface area contributed by atoms with Gasteiger partial charge in [0.1, 0.15) is 11.3 Å². The van der Waals surface area contributed by atoms with Crippen LogP contribution in [0.5, 0.6) is 5.75 Å². The lowest BCUT2D eigenvalue weighted by atomic mass is 10.1. The van der Waals surface area contributed by atoms with E-state index in [1.165, 1.54) is 4.90 Å². The summed E-state index contributed by atoms with van der Waals surface area (Å²) in [7, 11) is 3.41. The molecule has 0 atom stereocenters. The van der Waals surface area contributed by atoms with Crippen molar-refractivity contribution in [1.29, 1.82) is 0 Å². The van der Waals surface area contributed by atoms with Gasteiger partial charge in [-0.15, -0.1) is 0 Å². The number of nitrogen functional groups attached to an aromatic ring is 1. The normalized spacial score (nSPS) is 14.6. The second kappa shape index (κ2) is 4.04. The first-order chi connectivity index (χ1) is 7.59. The Kier molecular flexibility index (Phi) is 2.73. The van der Waals surface area contributed by atoms with E-state index in [1.54, 1.807) is 32.3 Å². The molecule has 86 valence electrons. The molecule has 1 saturated carbocycles.